The first-order valence-electron chi connectivity index (χ1n) is 8.29. The van der Waals surface area contributed by atoms with Crippen LogP contribution >= 0.6 is 24.8 Å². The molecule has 0 spiro atoms. The van der Waals surface area contributed by atoms with Crippen LogP contribution in [0.4, 0.5) is 5.69 Å². The van der Waals surface area contributed by atoms with Gasteiger partial charge in [0.1, 0.15) is 0 Å². The molecular weight excluding hydrogens is 345 g/mol. The highest BCUT2D eigenvalue weighted by Gasteiger charge is 2.27. The molecule has 138 valence electrons. The van der Waals surface area contributed by atoms with E-state index >= 15 is 0 Å². The number of hydrogen-bond donors (Lipinski definition) is 2. The van der Waals surface area contributed by atoms with Gasteiger partial charge in [-0.25, -0.2) is 0 Å². The van der Waals surface area contributed by atoms with Crippen LogP contribution in [0.15, 0.2) is 18.2 Å². The van der Waals surface area contributed by atoms with E-state index in [0.717, 1.165) is 36.3 Å². The molecule has 0 aromatic heterocycles. The lowest BCUT2D eigenvalue weighted by Gasteiger charge is -2.23. The van der Waals surface area contributed by atoms with Crippen LogP contribution in [0.5, 0.6) is 0 Å². The fraction of sp³-hybridized carbons (Fsp3) is 0.611. The van der Waals surface area contributed by atoms with Crippen molar-refractivity contribution < 1.29 is 4.79 Å². The second kappa shape index (κ2) is 10.1. The quantitative estimate of drug-likeness (QED) is 0.824. The molecular formula is C18H31Cl2N3O. The largest absolute Gasteiger partial charge is 0.382 e. The van der Waals surface area contributed by atoms with E-state index in [2.05, 4.69) is 32.2 Å². The molecule has 2 atom stereocenters. The Hall–Kier alpha value is -0.970. The maximum absolute atomic E-state index is 12.8. The fourth-order valence-corrected chi connectivity index (χ4v) is 2.82. The Morgan fingerprint density at radius 3 is 2.54 bits per heavy atom. The Morgan fingerprint density at radius 2 is 2.00 bits per heavy atom. The molecule has 0 bridgehead atoms. The van der Waals surface area contributed by atoms with Gasteiger partial charge in [0.25, 0.3) is 5.91 Å². The zero-order valence-electron chi connectivity index (χ0n) is 15.0. The summed E-state index contributed by atoms with van der Waals surface area (Å²) in [7, 11) is 0. The van der Waals surface area contributed by atoms with Crippen molar-refractivity contribution in [1.29, 1.82) is 0 Å². The molecule has 4 nitrogen and oxygen atoms in total. The van der Waals surface area contributed by atoms with E-state index < -0.39 is 0 Å². The topological polar surface area (TPSA) is 58.4 Å². The van der Waals surface area contributed by atoms with Gasteiger partial charge >= 0.3 is 0 Å². The van der Waals surface area contributed by atoms with Crippen LogP contribution in [-0.4, -0.2) is 36.5 Å². The standard InChI is InChI=1S/C18H29N3O.2ClH/c1-12(2)14(4)20-17-7-5-6-16(13(17)3)18(22)21-9-8-15(10-19)11-21;;/h5-7,12,14-15,20H,8-11,19H2,1-4H3;2*1H. The van der Waals surface area contributed by atoms with Gasteiger partial charge in [-0.3, -0.25) is 4.79 Å². The van der Waals surface area contributed by atoms with Crippen molar-refractivity contribution in [3.63, 3.8) is 0 Å². The summed E-state index contributed by atoms with van der Waals surface area (Å²) in [5, 5.41) is 3.52. The number of anilines is 1. The van der Waals surface area contributed by atoms with E-state index in [1.54, 1.807) is 0 Å². The first-order valence-corrected chi connectivity index (χ1v) is 8.29. The van der Waals surface area contributed by atoms with Crippen LogP contribution in [0.1, 0.15) is 43.1 Å². The van der Waals surface area contributed by atoms with Crippen LogP contribution in [0.25, 0.3) is 0 Å². The van der Waals surface area contributed by atoms with Gasteiger partial charge in [-0.1, -0.05) is 19.9 Å². The third kappa shape index (κ3) is 5.27. The summed E-state index contributed by atoms with van der Waals surface area (Å²) in [4.78, 5) is 14.7. The minimum atomic E-state index is 0. The number of hydrogen-bond acceptors (Lipinski definition) is 3. The van der Waals surface area contributed by atoms with Gasteiger partial charge in [-0.2, -0.15) is 0 Å². The molecule has 1 saturated heterocycles. The van der Waals surface area contributed by atoms with E-state index in [9.17, 15) is 4.79 Å². The first kappa shape index (κ1) is 23.0. The maximum atomic E-state index is 12.8. The Balaban J connectivity index is 0.00000264. The molecule has 1 aromatic carbocycles. The third-order valence-electron chi connectivity index (χ3n) is 4.85. The molecule has 0 aliphatic carbocycles. The molecule has 1 aliphatic rings. The molecule has 1 amide bonds. The summed E-state index contributed by atoms with van der Waals surface area (Å²) < 4.78 is 0. The lowest BCUT2D eigenvalue weighted by atomic mass is 10.0. The van der Waals surface area contributed by atoms with Gasteiger partial charge in [-0.15, -0.1) is 24.8 Å². The minimum absolute atomic E-state index is 0. The summed E-state index contributed by atoms with van der Waals surface area (Å²) in [6.07, 6.45) is 1.02. The van der Waals surface area contributed by atoms with Crippen molar-refractivity contribution in [2.75, 3.05) is 25.0 Å². The molecule has 1 aliphatic heterocycles. The highest BCUT2D eigenvalue weighted by atomic mass is 35.5. The second-order valence-corrected chi connectivity index (χ2v) is 6.80. The van der Waals surface area contributed by atoms with E-state index in [1.165, 1.54) is 0 Å². The lowest BCUT2D eigenvalue weighted by molar-refractivity contribution is 0.0787. The van der Waals surface area contributed by atoms with E-state index in [-0.39, 0.29) is 30.7 Å². The van der Waals surface area contributed by atoms with Crippen LogP contribution in [0.2, 0.25) is 0 Å². The first-order chi connectivity index (χ1) is 10.4. The zero-order chi connectivity index (χ0) is 16.3. The lowest BCUT2D eigenvalue weighted by Crippen LogP contribution is -2.30. The normalized spacial score (nSPS) is 17.9. The SMILES string of the molecule is Cc1c(NC(C)C(C)C)cccc1C(=O)N1CCC(CN)C1.Cl.Cl. The maximum Gasteiger partial charge on any atom is 0.254 e. The number of carbonyl (C=O) groups excluding carboxylic acids is 1. The number of rotatable bonds is 5. The molecule has 0 saturated carbocycles. The number of nitrogens with zero attached hydrogens (tertiary/aromatic N) is 1. The van der Waals surface area contributed by atoms with Crippen molar-refractivity contribution in [3.8, 4) is 0 Å². The van der Waals surface area contributed by atoms with Crippen molar-refractivity contribution in [1.82, 2.24) is 4.90 Å². The third-order valence-corrected chi connectivity index (χ3v) is 4.85. The Bertz CT molecular complexity index is 537. The molecule has 6 heteroatoms. The smallest absolute Gasteiger partial charge is 0.254 e. The number of nitrogens with one attached hydrogen (secondary N) is 1. The molecule has 0 radical (unpaired) electrons. The molecule has 1 fully saturated rings. The summed E-state index contributed by atoms with van der Waals surface area (Å²) in [6.45, 7) is 10.9. The summed E-state index contributed by atoms with van der Waals surface area (Å²) in [6, 6.07) is 6.32. The van der Waals surface area contributed by atoms with Crippen LogP contribution in [0, 0.1) is 18.8 Å². The summed E-state index contributed by atoms with van der Waals surface area (Å²) >= 11 is 0. The molecule has 2 unspecified atom stereocenters. The average molecular weight is 376 g/mol. The Labute approximate surface area is 158 Å². The van der Waals surface area contributed by atoms with Crippen LogP contribution in [-0.2, 0) is 0 Å². The molecule has 1 heterocycles. The number of carbonyl (C=O) groups is 1. The van der Waals surface area contributed by atoms with E-state index in [4.69, 9.17) is 5.73 Å². The van der Waals surface area contributed by atoms with Gasteiger partial charge in [0.05, 0.1) is 0 Å². The zero-order valence-corrected chi connectivity index (χ0v) is 16.7. The van der Waals surface area contributed by atoms with Crippen molar-refractivity contribution in [2.24, 2.45) is 17.6 Å². The van der Waals surface area contributed by atoms with E-state index in [1.807, 2.05) is 24.0 Å². The van der Waals surface area contributed by atoms with Gasteiger partial charge in [0.2, 0.25) is 0 Å². The van der Waals surface area contributed by atoms with Gasteiger partial charge in [0.15, 0.2) is 0 Å². The number of amides is 1. The van der Waals surface area contributed by atoms with Gasteiger partial charge in [-0.05, 0) is 56.3 Å². The van der Waals surface area contributed by atoms with Gasteiger partial charge in [0, 0.05) is 30.4 Å². The predicted molar refractivity (Wildman–Crippen MR) is 107 cm³/mol. The Morgan fingerprint density at radius 1 is 1.33 bits per heavy atom. The predicted octanol–water partition coefficient (Wildman–Crippen LogP) is 3.72. The molecule has 3 N–H and O–H groups in total. The van der Waals surface area contributed by atoms with Crippen molar-refractivity contribution >= 4 is 36.4 Å². The monoisotopic (exact) mass is 375 g/mol. The van der Waals surface area contributed by atoms with Gasteiger partial charge < -0.3 is 16.0 Å². The van der Waals surface area contributed by atoms with Crippen molar-refractivity contribution in [3.05, 3.63) is 29.3 Å². The average Bonchev–Trinajstić information content (AvgIpc) is 2.97. The molecule has 2 rings (SSSR count). The Kier molecular flexibility index (Phi) is 9.71. The van der Waals surface area contributed by atoms with Crippen LogP contribution in [0.3, 0.4) is 0 Å². The minimum Gasteiger partial charge on any atom is -0.382 e. The second-order valence-electron chi connectivity index (χ2n) is 6.80. The fourth-order valence-electron chi connectivity index (χ4n) is 2.82. The molecule has 1 aromatic rings. The number of benzene rings is 1. The number of nitrogens with two attached hydrogens (primary N) is 1. The van der Waals surface area contributed by atoms with E-state index in [0.29, 0.717) is 24.4 Å². The summed E-state index contributed by atoms with van der Waals surface area (Å²) in [5.41, 5.74) is 8.62. The van der Waals surface area contributed by atoms with Crippen molar-refractivity contribution in [2.45, 2.75) is 40.2 Å². The highest BCUT2D eigenvalue weighted by Crippen LogP contribution is 2.24. The molecule has 24 heavy (non-hydrogen) atoms. The highest BCUT2D eigenvalue weighted by molar-refractivity contribution is 5.97. The van der Waals surface area contributed by atoms with Crippen LogP contribution < -0.4 is 11.1 Å². The summed E-state index contributed by atoms with van der Waals surface area (Å²) in [5.74, 6) is 1.13. The number of likely N-dealkylation sites (tertiary alicyclic amines) is 1. The number of halogens is 2.